The number of halogens is 1. The summed E-state index contributed by atoms with van der Waals surface area (Å²) in [6.45, 7) is 0.843. The molecule has 0 atom stereocenters. The molecule has 10 nitrogen and oxygen atoms in total. The Morgan fingerprint density at radius 3 is 2.37 bits per heavy atom. The zero-order valence-electron chi connectivity index (χ0n) is 21.4. The molecule has 3 amide bonds. The van der Waals surface area contributed by atoms with Gasteiger partial charge in [0.25, 0.3) is 17.6 Å². The molecule has 0 radical (unpaired) electrons. The van der Waals surface area contributed by atoms with Gasteiger partial charge in [-0.05, 0) is 36.4 Å². The molecule has 1 aliphatic heterocycles. The minimum atomic E-state index is -0.908. The van der Waals surface area contributed by atoms with Gasteiger partial charge in [0.15, 0.2) is 10.9 Å². The third-order valence-corrected chi connectivity index (χ3v) is 7.72. The van der Waals surface area contributed by atoms with Gasteiger partial charge in [0, 0.05) is 37.9 Å². The molecular weight excluding hydrogens is 549 g/mol. The highest BCUT2D eigenvalue weighted by molar-refractivity contribution is 7.22. The van der Waals surface area contributed by atoms with Crippen molar-refractivity contribution in [3.05, 3.63) is 89.9 Å². The predicted octanol–water partition coefficient (Wildman–Crippen LogP) is 4.69. The van der Waals surface area contributed by atoms with Crippen molar-refractivity contribution in [1.82, 2.24) is 19.8 Å². The maximum absolute atomic E-state index is 14.9. The predicted molar refractivity (Wildman–Crippen MR) is 151 cm³/mol. The first kappa shape index (κ1) is 26.1. The lowest BCUT2D eigenvalue weighted by Gasteiger charge is -2.34. The van der Waals surface area contributed by atoms with Crippen LogP contribution in [0.5, 0.6) is 5.75 Å². The molecule has 41 heavy (non-hydrogen) atoms. The largest absolute Gasteiger partial charge is 0.418 e. The third kappa shape index (κ3) is 5.12. The molecule has 1 aliphatic rings. The number of Topliss-reactive ketones (excluding diaryl/α,β-unsaturated/α-hetero) is 1. The van der Waals surface area contributed by atoms with Gasteiger partial charge in [-0.25, -0.2) is 14.2 Å². The summed E-state index contributed by atoms with van der Waals surface area (Å²) < 4.78 is 21.2. The quantitative estimate of drug-likeness (QED) is 0.233. The highest BCUT2D eigenvalue weighted by Crippen LogP contribution is 2.31. The van der Waals surface area contributed by atoms with Crippen molar-refractivity contribution in [1.29, 1.82) is 0 Å². The molecular formula is C29H22FN5O5S. The topological polar surface area (TPSA) is 125 Å². The van der Waals surface area contributed by atoms with Crippen LogP contribution in [-0.4, -0.2) is 69.6 Å². The first-order valence-corrected chi connectivity index (χ1v) is 13.5. The first-order chi connectivity index (χ1) is 19.9. The Hall–Kier alpha value is -5.10. The van der Waals surface area contributed by atoms with E-state index < -0.39 is 23.6 Å². The number of fused-ring (bicyclic) bond motifs is 2. The average molecular weight is 572 g/mol. The number of aromatic nitrogens is 2. The zero-order valence-corrected chi connectivity index (χ0v) is 22.2. The van der Waals surface area contributed by atoms with Crippen LogP contribution >= 0.6 is 11.3 Å². The Morgan fingerprint density at radius 2 is 1.61 bits per heavy atom. The van der Waals surface area contributed by atoms with Gasteiger partial charge in [-0.3, -0.25) is 19.7 Å². The number of hydrogen-bond donors (Lipinski definition) is 2. The van der Waals surface area contributed by atoms with Crippen LogP contribution < -0.4 is 10.1 Å². The van der Waals surface area contributed by atoms with Crippen LogP contribution in [0.3, 0.4) is 0 Å². The van der Waals surface area contributed by atoms with E-state index >= 15 is 0 Å². The minimum absolute atomic E-state index is 0.0282. The van der Waals surface area contributed by atoms with E-state index in [0.29, 0.717) is 10.7 Å². The van der Waals surface area contributed by atoms with Crippen LogP contribution in [0.2, 0.25) is 0 Å². The lowest BCUT2D eigenvalue weighted by molar-refractivity contribution is -0.127. The van der Waals surface area contributed by atoms with Gasteiger partial charge in [-0.1, -0.05) is 41.7 Å². The number of anilines is 1. The maximum atomic E-state index is 14.9. The van der Waals surface area contributed by atoms with E-state index in [1.807, 2.05) is 30.3 Å². The number of thiazole rings is 1. The lowest BCUT2D eigenvalue weighted by Crippen LogP contribution is -2.52. The molecule has 0 spiro atoms. The molecule has 3 aromatic carbocycles. The third-order valence-electron chi connectivity index (χ3n) is 6.77. The van der Waals surface area contributed by atoms with Crippen LogP contribution in [0.25, 0.3) is 21.1 Å². The van der Waals surface area contributed by atoms with E-state index in [0.717, 1.165) is 16.3 Å². The summed E-state index contributed by atoms with van der Waals surface area (Å²) in [6.07, 6.45) is 0.375. The summed E-state index contributed by atoms with van der Waals surface area (Å²) in [7, 11) is 0. The van der Waals surface area contributed by atoms with E-state index in [4.69, 9.17) is 4.74 Å². The number of rotatable bonds is 5. The van der Waals surface area contributed by atoms with Gasteiger partial charge in [-0.2, -0.15) is 0 Å². The normalized spacial score (nSPS) is 13.4. The summed E-state index contributed by atoms with van der Waals surface area (Å²) in [5.41, 5.74) is 1.14. The van der Waals surface area contributed by atoms with E-state index in [1.54, 1.807) is 29.2 Å². The Morgan fingerprint density at radius 1 is 0.902 bits per heavy atom. The fraction of sp³-hybridized carbons (Fsp3) is 0.138. The van der Waals surface area contributed by atoms with E-state index in [9.17, 15) is 23.6 Å². The number of ketones is 1. The maximum Gasteiger partial charge on any atom is 0.418 e. The molecule has 6 rings (SSSR count). The minimum Gasteiger partial charge on any atom is -0.408 e. The molecule has 3 heterocycles. The molecule has 0 bridgehead atoms. The summed E-state index contributed by atoms with van der Waals surface area (Å²) >= 11 is 1.27. The van der Waals surface area contributed by atoms with Gasteiger partial charge >= 0.3 is 6.09 Å². The molecule has 1 saturated heterocycles. The van der Waals surface area contributed by atoms with Crippen molar-refractivity contribution in [3.63, 3.8) is 0 Å². The number of benzene rings is 3. The summed E-state index contributed by atoms with van der Waals surface area (Å²) in [5, 5.41) is 2.72. The van der Waals surface area contributed by atoms with Crippen molar-refractivity contribution in [2.45, 2.75) is 0 Å². The van der Waals surface area contributed by atoms with E-state index in [2.05, 4.69) is 15.3 Å². The van der Waals surface area contributed by atoms with Gasteiger partial charge in [0.2, 0.25) is 0 Å². The van der Waals surface area contributed by atoms with Gasteiger partial charge in [0.05, 0.1) is 26.7 Å². The van der Waals surface area contributed by atoms with E-state index in [-0.39, 0.29) is 54.3 Å². The fourth-order valence-electron chi connectivity index (χ4n) is 4.72. The Labute approximate surface area is 236 Å². The van der Waals surface area contributed by atoms with Crippen molar-refractivity contribution < 1.29 is 28.3 Å². The number of nitrogens with zero attached hydrogens (tertiary/aromatic N) is 3. The second kappa shape index (κ2) is 10.8. The van der Waals surface area contributed by atoms with Crippen molar-refractivity contribution in [2.75, 3.05) is 31.5 Å². The number of carbonyl (C=O) groups excluding carboxylic acids is 4. The number of aromatic amines is 1. The van der Waals surface area contributed by atoms with Crippen LogP contribution in [0.1, 0.15) is 20.7 Å². The zero-order chi connectivity index (χ0) is 28.5. The second-order valence-electron chi connectivity index (χ2n) is 9.28. The molecule has 2 N–H and O–H groups in total. The fourth-order valence-corrected chi connectivity index (χ4v) is 5.57. The second-order valence-corrected chi connectivity index (χ2v) is 10.3. The number of H-pyrrole nitrogens is 1. The van der Waals surface area contributed by atoms with Crippen LogP contribution in [-0.2, 0) is 4.79 Å². The van der Waals surface area contributed by atoms with Crippen LogP contribution in [0, 0.1) is 5.82 Å². The summed E-state index contributed by atoms with van der Waals surface area (Å²) in [4.78, 5) is 61.6. The molecule has 1 fully saturated rings. The SMILES string of the molecule is O=C(Nc1nc2ccccc2s1)Oc1ccc(F)c2c(C(=O)C(=O)N3CCN(C(=O)c4ccccc4)CC3)c[nH]c12. The molecule has 0 aliphatic carbocycles. The monoisotopic (exact) mass is 571 g/mol. The molecule has 2 aromatic heterocycles. The number of hydrogen-bond acceptors (Lipinski definition) is 7. The smallest absolute Gasteiger partial charge is 0.408 e. The molecule has 206 valence electrons. The molecule has 5 aromatic rings. The van der Waals surface area contributed by atoms with Crippen molar-refractivity contribution >= 4 is 61.3 Å². The van der Waals surface area contributed by atoms with E-state index in [1.165, 1.54) is 28.5 Å². The molecule has 0 saturated carbocycles. The number of amides is 3. The number of para-hydroxylation sites is 1. The average Bonchev–Trinajstić information content (AvgIpc) is 3.63. The van der Waals surface area contributed by atoms with Gasteiger partial charge in [0.1, 0.15) is 5.82 Å². The highest BCUT2D eigenvalue weighted by Gasteiger charge is 2.31. The highest BCUT2D eigenvalue weighted by atomic mass is 32.1. The molecule has 0 unspecified atom stereocenters. The Balaban J connectivity index is 1.15. The standard InChI is InChI=1S/C29H22FN5O5S/c30-19-10-11-21(40-29(39)33-28-32-20-8-4-5-9-22(20)41-28)24-23(19)18(16-31-24)25(36)27(38)35-14-12-34(13-15-35)26(37)17-6-2-1-3-7-17/h1-11,16,31H,12-15H2,(H,32,33,39). The van der Waals surface area contributed by atoms with Crippen molar-refractivity contribution in [2.24, 2.45) is 0 Å². The first-order valence-electron chi connectivity index (χ1n) is 12.7. The Kier molecular flexibility index (Phi) is 6.89. The van der Waals surface area contributed by atoms with Crippen LogP contribution in [0.15, 0.2) is 72.9 Å². The number of nitrogens with one attached hydrogen (secondary N) is 2. The summed E-state index contributed by atoms with van der Waals surface area (Å²) in [6, 6.07) is 18.5. The van der Waals surface area contributed by atoms with Crippen LogP contribution in [0.4, 0.5) is 14.3 Å². The number of ether oxygens (including phenoxy) is 1. The van der Waals surface area contributed by atoms with Gasteiger partial charge in [-0.15, -0.1) is 0 Å². The Bertz CT molecular complexity index is 1780. The number of piperazine rings is 1. The summed E-state index contributed by atoms with van der Waals surface area (Å²) in [5.74, 6) is -2.65. The molecule has 12 heteroatoms. The van der Waals surface area contributed by atoms with Gasteiger partial charge < -0.3 is 19.5 Å². The van der Waals surface area contributed by atoms with Crippen molar-refractivity contribution in [3.8, 4) is 5.75 Å². The number of carbonyl (C=O) groups is 4. The lowest BCUT2D eigenvalue weighted by atomic mass is 10.1.